The summed E-state index contributed by atoms with van der Waals surface area (Å²) in [6.07, 6.45) is 6.19. The van der Waals surface area contributed by atoms with Crippen LogP contribution in [0.2, 0.25) is 0 Å². The van der Waals surface area contributed by atoms with Gasteiger partial charge in [0.05, 0.1) is 24.2 Å². The normalized spacial score (nSPS) is 14.7. The second-order valence-corrected chi connectivity index (χ2v) is 10.2. The highest BCUT2D eigenvalue weighted by molar-refractivity contribution is 7.88. The Balaban J connectivity index is 1.45. The van der Waals surface area contributed by atoms with E-state index in [1.807, 2.05) is 6.07 Å². The van der Waals surface area contributed by atoms with Gasteiger partial charge >= 0.3 is 0 Å². The van der Waals surface area contributed by atoms with E-state index in [1.54, 1.807) is 6.07 Å². The van der Waals surface area contributed by atoms with Gasteiger partial charge < -0.3 is 10.1 Å². The highest BCUT2D eigenvalue weighted by Gasteiger charge is 2.27. The number of hydrogen-bond acceptors (Lipinski definition) is 7. The molecule has 2 aromatic heterocycles. The Morgan fingerprint density at radius 2 is 1.81 bits per heavy atom. The summed E-state index contributed by atoms with van der Waals surface area (Å²) >= 11 is 0. The second kappa shape index (κ2) is 10.3. The molecule has 9 nitrogen and oxygen atoms in total. The fourth-order valence-corrected chi connectivity index (χ4v) is 4.67. The van der Waals surface area contributed by atoms with Crippen LogP contribution < -0.4 is 10.1 Å². The highest BCUT2D eigenvalue weighted by atomic mass is 32.2. The maximum atomic E-state index is 13.6. The number of rotatable bonds is 6. The summed E-state index contributed by atoms with van der Waals surface area (Å²) in [6.45, 7) is 0.597. The molecule has 0 saturated carbocycles. The van der Waals surface area contributed by atoms with Gasteiger partial charge in [-0.2, -0.15) is 5.26 Å². The monoisotopic (exact) mass is 513 g/mol. The van der Waals surface area contributed by atoms with Crippen molar-refractivity contribution in [3.8, 4) is 28.7 Å². The first-order chi connectivity index (χ1) is 17.1. The molecule has 0 atom stereocenters. The Bertz CT molecular complexity index is 1450. The molecule has 186 valence electrons. The number of carbonyl (C=O) groups is 1. The number of carbonyl (C=O) groups excluding carboxylic acids is 1. The number of nitrogens with one attached hydrogen (secondary N) is 1. The number of benzene rings is 1. The van der Waals surface area contributed by atoms with Crippen LogP contribution >= 0.6 is 0 Å². The lowest BCUT2D eigenvalue weighted by Crippen LogP contribution is -2.46. The fourth-order valence-electron chi connectivity index (χ4n) is 3.80. The zero-order valence-corrected chi connectivity index (χ0v) is 19.9. The van der Waals surface area contributed by atoms with Crippen LogP contribution in [0.3, 0.4) is 0 Å². The standard InChI is InChI=1S/C24H21F2N5O4S/c1-36(33,34)31-6-4-18(5-7-31)30-24(32)23-16(11-27)8-20(14-29-23)35-19-9-17(12-28-13-19)15-2-3-21(25)22(26)10-15/h2-3,8-10,12-14,18H,4-7H2,1H3,(H,30,32). The third kappa shape index (κ3) is 5.81. The summed E-state index contributed by atoms with van der Waals surface area (Å²) in [7, 11) is -3.28. The van der Waals surface area contributed by atoms with Crippen LogP contribution in [0.15, 0.2) is 48.9 Å². The molecule has 3 aromatic rings. The molecule has 12 heteroatoms. The van der Waals surface area contributed by atoms with E-state index in [4.69, 9.17) is 4.74 Å². The van der Waals surface area contributed by atoms with Crippen LogP contribution in [-0.4, -0.2) is 54.0 Å². The van der Waals surface area contributed by atoms with Crippen molar-refractivity contribution in [2.24, 2.45) is 0 Å². The summed E-state index contributed by atoms with van der Waals surface area (Å²) < 4.78 is 57.2. The van der Waals surface area contributed by atoms with Crippen LogP contribution in [0.5, 0.6) is 11.5 Å². The number of aromatic nitrogens is 2. The Kier molecular flexibility index (Phi) is 7.23. The number of ether oxygens (including phenoxy) is 1. The number of hydrogen-bond donors (Lipinski definition) is 1. The number of nitriles is 1. The average molecular weight is 514 g/mol. The second-order valence-electron chi connectivity index (χ2n) is 8.23. The third-order valence-corrected chi connectivity index (χ3v) is 6.96. The number of sulfonamides is 1. The smallest absolute Gasteiger partial charge is 0.271 e. The molecule has 0 bridgehead atoms. The molecule has 1 saturated heterocycles. The fraction of sp³-hybridized carbons (Fsp3) is 0.250. The van der Waals surface area contributed by atoms with Gasteiger partial charge in [-0.1, -0.05) is 6.07 Å². The maximum Gasteiger partial charge on any atom is 0.271 e. The van der Waals surface area contributed by atoms with Gasteiger partial charge in [0.25, 0.3) is 5.91 Å². The van der Waals surface area contributed by atoms with Gasteiger partial charge in [0.2, 0.25) is 10.0 Å². The Labute approximate surface area is 206 Å². The van der Waals surface area contributed by atoms with Crippen molar-refractivity contribution < 1.29 is 26.7 Å². The van der Waals surface area contributed by atoms with Gasteiger partial charge in [0.1, 0.15) is 23.3 Å². The molecular formula is C24H21F2N5O4S. The van der Waals surface area contributed by atoms with Gasteiger partial charge in [-0.05, 0) is 36.6 Å². The zero-order valence-electron chi connectivity index (χ0n) is 19.1. The molecule has 1 N–H and O–H groups in total. The van der Waals surface area contributed by atoms with Crippen LogP contribution in [0, 0.1) is 23.0 Å². The largest absolute Gasteiger partial charge is 0.454 e. The topological polar surface area (TPSA) is 125 Å². The van der Waals surface area contributed by atoms with E-state index in [2.05, 4.69) is 15.3 Å². The number of pyridine rings is 2. The first kappa shape index (κ1) is 25.2. The molecule has 1 aromatic carbocycles. The molecule has 0 aliphatic carbocycles. The summed E-state index contributed by atoms with van der Waals surface area (Å²) in [5, 5.41) is 12.4. The predicted molar refractivity (Wildman–Crippen MR) is 126 cm³/mol. The predicted octanol–water partition coefficient (Wildman–Crippen LogP) is 3.24. The summed E-state index contributed by atoms with van der Waals surface area (Å²) in [6, 6.07) is 8.08. The van der Waals surface area contributed by atoms with E-state index in [9.17, 15) is 27.3 Å². The Morgan fingerprint density at radius 3 is 2.47 bits per heavy atom. The van der Waals surface area contributed by atoms with Crippen molar-refractivity contribution in [1.82, 2.24) is 19.6 Å². The number of nitrogens with zero attached hydrogens (tertiary/aromatic N) is 4. The SMILES string of the molecule is CS(=O)(=O)N1CCC(NC(=O)c2ncc(Oc3cncc(-c4ccc(F)c(F)c4)c3)cc2C#N)CC1. The quantitative estimate of drug-likeness (QED) is 0.536. The molecule has 1 fully saturated rings. The van der Waals surface area contributed by atoms with Crippen molar-refractivity contribution in [3.63, 3.8) is 0 Å². The van der Waals surface area contributed by atoms with Crippen LogP contribution in [0.4, 0.5) is 8.78 Å². The average Bonchev–Trinajstić information content (AvgIpc) is 2.85. The van der Waals surface area contributed by atoms with Gasteiger partial charge in [-0.25, -0.2) is 26.5 Å². The Hall–Kier alpha value is -3.95. The number of piperidine rings is 1. The molecule has 4 rings (SSSR count). The molecular weight excluding hydrogens is 492 g/mol. The summed E-state index contributed by atoms with van der Waals surface area (Å²) in [5.41, 5.74) is 0.794. The van der Waals surface area contributed by atoms with Gasteiger partial charge in [0.15, 0.2) is 11.6 Å². The van der Waals surface area contributed by atoms with E-state index in [-0.39, 0.29) is 28.8 Å². The van der Waals surface area contributed by atoms with Crippen molar-refractivity contribution in [2.75, 3.05) is 19.3 Å². The maximum absolute atomic E-state index is 13.6. The lowest BCUT2D eigenvalue weighted by atomic mass is 10.1. The molecule has 0 unspecified atom stereocenters. The van der Waals surface area contributed by atoms with Crippen LogP contribution in [-0.2, 0) is 10.0 Å². The van der Waals surface area contributed by atoms with Crippen LogP contribution in [0.1, 0.15) is 28.9 Å². The van der Waals surface area contributed by atoms with Gasteiger partial charge in [-0.3, -0.25) is 9.78 Å². The summed E-state index contributed by atoms with van der Waals surface area (Å²) in [5.74, 6) is -2.06. The van der Waals surface area contributed by atoms with Crippen molar-refractivity contribution >= 4 is 15.9 Å². The summed E-state index contributed by atoms with van der Waals surface area (Å²) in [4.78, 5) is 20.9. The number of amides is 1. The van der Waals surface area contributed by atoms with Gasteiger partial charge in [-0.15, -0.1) is 0 Å². The van der Waals surface area contributed by atoms with Crippen molar-refractivity contribution in [1.29, 1.82) is 5.26 Å². The molecule has 1 amide bonds. The van der Waals surface area contributed by atoms with Gasteiger partial charge in [0, 0.05) is 37.0 Å². The minimum Gasteiger partial charge on any atom is -0.454 e. The van der Waals surface area contributed by atoms with E-state index in [0.717, 1.165) is 18.4 Å². The first-order valence-electron chi connectivity index (χ1n) is 10.9. The lowest BCUT2D eigenvalue weighted by molar-refractivity contribution is 0.0918. The molecule has 36 heavy (non-hydrogen) atoms. The van der Waals surface area contributed by atoms with E-state index >= 15 is 0 Å². The first-order valence-corrected chi connectivity index (χ1v) is 12.7. The molecule has 1 aliphatic heterocycles. The minimum atomic E-state index is -3.28. The zero-order chi connectivity index (χ0) is 25.9. The Morgan fingerprint density at radius 1 is 1.08 bits per heavy atom. The number of halogens is 2. The van der Waals surface area contributed by atoms with Crippen molar-refractivity contribution in [3.05, 3.63) is 71.8 Å². The minimum absolute atomic E-state index is 0.0108. The van der Waals surface area contributed by atoms with E-state index in [0.29, 0.717) is 37.1 Å². The lowest BCUT2D eigenvalue weighted by Gasteiger charge is -2.30. The van der Waals surface area contributed by atoms with E-state index in [1.165, 1.54) is 35.0 Å². The van der Waals surface area contributed by atoms with Crippen molar-refractivity contribution in [2.45, 2.75) is 18.9 Å². The molecule has 0 spiro atoms. The van der Waals surface area contributed by atoms with Crippen LogP contribution in [0.25, 0.3) is 11.1 Å². The molecule has 3 heterocycles. The third-order valence-electron chi connectivity index (χ3n) is 5.66. The molecule has 0 radical (unpaired) electrons. The van der Waals surface area contributed by atoms with E-state index < -0.39 is 27.6 Å². The highest BCUT2D eigenvalue weighted by Crippen LogP contribution is 2.28. The molecule has 1 aliphatic rings.